The van der Waals surface area contributed by atoms with Gasteiger partial charge < -0.3 is 11.1 Å². The Labute approximate surface area is 190 Å². The van der Waals surface area contributed by atoms with Crippen LogP contribution in [0.2, 0.25) is 0 Å². The van der Waals surface area contributed by atoms with E-state index in [9.17, 15) is 9.59 Å². The Morgan fingerprint density at radius 2 is 1.62 bits per heavy atom. The molecule has 32 heavy (non-hydrogen) atoms. The van der Waals surface area contributed by atoms with Crippen LogP contribution in [0.5, 0.6) is 0 Å². The Kier molecular flexibility index (Phi) is 5.92. The lowest BCUT2D eigenvalue weighted by Crippen LogP contribution is -2.19. The van der Waals surface area contributed by atoms with Gasteiger partial charge in [0.2, 0.25) is 5.91 Å². The van der Waals surface area contributed by atoms with Crippen molar-refractivity contribution >= 4 is 28.2 Å². The second-order valence-electron chi connectivity index (χ2n) is 7.59. The number of aryl methyl sites for hydroxylation is 2. The Bertz CT molecular complexity index is 1290. The number of nitrogens with one attached hydrogen (secondary N) is 1. The van der Waals surface area contributed by atoms with Crippen LogP contribution in [0.15, 0.2) is 60.7 Å². The molecule has 0 saturated carbocycles. The highest BCUT2D eigenvalue weighted by Gasteiger charge is 2.23. The van der Waals surface area contributed by atoms with Crippen molar-refractivity contribution in [1.29, 1.82) is 0 Å². The lowest BCUT2D eigenvalue weighted by atomic mass is 10.0. The third-order valence-corrected chi connectivity index (χ3v) is 6.45. The number of carbonyl (C=O) groups is 2. The number of hydrogen-bond acceptors (Lipinski definition) is 4. The average Bonchev–Trinajstić information content (AvgIpc) is 3.25. The molecule has 6 nitrogen and oxygen atoms in total. The zero-order valence-electron chi connectivity index (χ0n) is 18.2. The van der Waals surface area contributed by atoms with Crippen LogP contribution in [0, 0.1) is 20.8 Å². The van der Waals surface area contributed by atoms with Gasteiger partial charge >= 0.3 is 0 Å². The third-order valence-electron chi connectivity index (χ3n) is 5.43. The van der Waals surface area contributed by atoms with E-state index in [1.54, 1.807) is 0 Å². The highest BCUT2D eigenvalue weighted by atomic mass is 32.1. The van der Waals surface area contributed by atoms with Gasteiger partial charge in [-0.1, -0.05) is 48.5 Å². The first-order valence-electron chi connectivity index (χ1n) is 10.3. The van der Waals surface area contributed by atoms with Gasteiger partial charge in [-0.3, -0.25) is 9.59 Å². The summed E-state index contributed by atoms with van der Waals surface area (Å²) in [5.41, 5.74) is 11.2. The van der Waals surface area contributed by atoms with Crippen molar-refractivity contribution in [3.63, 3.8) is 0 Å². The van der Waals surface area contributed by atoms with Crippen molar-refractivity contribution in [1.82, 2.24) is 9.78 Å². The molecule has 0 spiro atoms. The minimum absolute atomic E-state index is 0.153. The Morgan fingerprint density at radius 1 is 1.00 bits per heavy atom. The van der Waals surface area contributed by atoms with Crippen molar-refractivity contribution in [3.8, 4) is 16.8 Å². The normalized spacial score (nSPS) is 10.8. The number of amides is 2. The molecule has 0 atom stereocenters. The molecule has 4 rings (SSSR count). The summed E-state index contributed by atoms with van der Waals surface area (Å²) >= 11 is 1.36. The number of hydrogen-bond donors (Lipinski definition) is 2. The molecular formula is C25H24N4O2S. The number of rotatable bonds is 6. The highest BCUT2D eigenvalue weighted by Crippen LogP contribution is 2.39. The molecule has 0 saturated heterocycles. The van der Waals surface area contributed by atoms with Crippen LogP contribution in [0.25, 0.3) is 16.8 Å². The van der Waals surface area contributed by atoms with E-state index >= 15 is 0 Å². The SMILES string of the molecule is Cc1nn(-c2ccccc2)c(C)c1CC(=O)Nc1sc(C)c(-c2ccccc2)c1C(N)=O. The molecule has 0 aliphatic carbocycles. The summed E-state index contributed by atoms with van der Waals surface area (Å²) in [7, 11) is 0. The van der Waals surface area contributed by atoms with Gasteiger partial charge in [-0.15, -0.1) is 11.3 Å². The van der Waals surface area contributed by atoms with Crippen molar-refractivity contribution in [3.05, 3.63) is 88.1 Å². The topological polar surface area (TPSA) is 90.0 Å². The summed E-state index contributed by atoms with van der Waals surface area (Å²) in [6.07, 6.45) is 0.153. The summed E-state index contributed by atoms with van der Waals surface area (Å²) in [5, 5.41) is 8.00. The van der Waals surface area contributed by atoms with E-state index in [0.29, 0.717) is 10.6 Å². The molecule has 3 N–H and O–H groups in total. The lowest BCUT2D eigenvalue weighted by Gasteiger charge is -2.08. The van der Waals surface area contributed by atoms with Gasteiger partial charge in [0.1, 0.15) is 5.00 Å². The first kappa shape index (κ1) is 21.5. The van der Waals surface area contributed by atoms with Gasteiger partial charge in [0.25, 0.3) is 5.91 Å². The summed E-state index contributed by atoms with van der Waals surface area (Å²) in [5.74, 6) is -0.778. The van der Waals surface area contributed by atoms with E-state index in [0.717, 1.165) is 38.6 Å². The van der Waals surface area contributed by atoms with E-state index in [2.05, 4.69) is 10.4 Å². The van der Waals surface area contributed by atoms with Crippen LogP contribution >= 0.6 is 11.3 Å². The molecular weight excluding hydrogens is 420 g/mol. The standard InChI is InChI=1S/C25H24N4O2S/c1-15-20(16(2)29(28-15)19-12-8-5-9-13-19)14-21(30)27-25-23(24(26)31)22(17(3)32-25)18-10-6-4-7-11-18/h4-13H,14H2,1-3H3,(H2,26,31)(H,27,30). The number of nitrogens with two attached hydrogens (primary N) is 1. The van der Waals surface area contributed by atoms with Crippen LogP contribution in [0.4, 0.5) is 5.00 Å². The number of aromatic nitrogens is 2. The molecule has 2 aromatic heterocycles. The van der Waals surface area contributed by atoms with Gasteiger partial charge in [-0.05, 0) is 38.5 Å². The zero-order chi connectivity index (χ0) is 22.8. The van der Waals surface area contributed by atoms with E-state index in [-0.39, 0.29) is 12.3 Å². The van der Waals surface area contributed by atoms with Gasteiger partial charge in [-0.25, -0.2) is 4.68 Å². The van der Waals surface area contributed by atoms with E-state index in [1.807, 2.05) is 86.1 Å². The minimum Gasteiger partial charge on any atom is -0.365 e. The van der Waals surface area contributed by atoms with Crippen molar-refractivity contribution in [2.75, 3.05) is 5.32 Å². The minimum atomic E-state index is -0.562. The Balaban J connectivity index is 1.62. The fourth-order valence-corrected chi connectivity index (χ4v) is 5.00. The van der Waals surface area contributed by atoms with Gasteiger partial charge in [-0.2, -0.15) is 5.10 Å². The number of primary amides is 1. The van der Waals surface area contributed by atoms with Crippen LogP contribution in [0.1, 0.15) is 32.2 Å². The molecule has 2 amide bonds. The molecule has 7 heteroatoms. The quantitative estimate of drug-likeness (QED) is 0.447. The van der Waals surface area contributed by atoms with E-state index in [1.165, 1.54) is 11.3 Å². The number of benzene rings is 2. The second kappa shape index (κ2) is 8.80. The molecule has 0 aliphatic heterocycles. The van der Waals surface area contributed by atoms with Crippen LogP contribution < -0.4 is 11.1 Å². The molecule has 0 bridgehead atoms. The monoisotopic (exact) mass is 444 g/mol. The average molecular weight is 445 g/mol. The summed E-state index contributed by atoms with van der Waals surface area (Å²) in [4.78, 5) is 26.2. The number of para-hydroxylation sites is 1. The van der Waals surface area contributed by atoms with Crippen LogP contribution in [-0.2, 0) is 11.2 Å². The number of thiophene rings is 1. The zero-order valence-corrected chi connectivity index (χ0v) is 19.0. The fourth-order valence-electron chi connectivity index (χ4n) is 3.90. The molecule has 0 fully saturated rings. The molecule has 0 radical (unpaired) electrons. The van der Waals surface area contributed by atoms with Crippen molar-refractivity contribution < 1.29 is 9.59 Å². The molecule has 4 aromatic rings. The maximum atomic E-state index is 13.0. The second-order valence-corrected chi connectivity index (χ2v) is 8.81. The predicted octanol–water partition coefficient (Wildman–Crippen LogP) is 4.81. The Morgan fingerprint density at radius 3 is 2.25 bits per heavy atom. The first-order chi connectivity index (χ1) is 15.4. The summed E-state index contributed by atoms with van der Waals surface area (Å²) in [6.45, 7) is 5.77. The van der Waals surface area contributed by atoms with Gasteiger partial charge in [0.05, 0.1) is 23.4 Å². The highest BCUT2D eigenvalue weighted by molar-refractivity contribution is 7.17. The number of anilines is 1. The molecule has 2 heterocycles. The third kappa shape index (κ3) is 4.07. The molecule has 2 aromatic carbocycles. The maximum Gasteiger partial charge on any atom is 0.252 e. The maximum absolute atomic E-state index is 13.0. The summed E-state index contributed by atoms with van der Waals surface area (Å²) in [6, 6.07) is 19.4. The molecule has 0 aliphatic rings. The Hall–Kier alpha value is -3.71. The largest absolute Gasteiger partial charge is 0.365 e. The van der Waals surface area contributed by atoms with Crippen LogP contribution in [-0.4, -0.2) is 21.6 Å². The van der Waals surface area contributed by atoms with E-state index in [4.69, 9.17) is 5.73 Å². The van der Waals surface area contributed by atoms with Gasteiger partial charge in [0.15, 0.2) is 0 Å². The number of carbonyl (C=O) groups excluding carboxylic acids is 2. The van der Waals surface area contributed by atoms with E-state index < -0.39 is 5.91 Å². The fraction of sp³-hybridized carbons (Fsp3) is 0.160. The summed E-state index contributed by atoms with van der Waals surface area (Å²) < 4.78 is 1.84. The van der Waals surface area contributed by atoms with Gasteiger partial charge in [0, 0.05) is 21.7 Å². The van der Waals surface area contributed by atoms with Crippen LogP contribution in [0.3, 0.4) is 0 Å². The lowest BCUT2D eigenvalue weighted by molar-refractivity contribution is -0.115. The molecule has 0 unspecified atom stereocenters. The van der Waals surface area contributed by atoms with Crippen molar-refractivity contribution in [2.24, 2.45) is 5.73 Å². The predicted molar refractivity (Wildman–Crippen MR) is 128 cm³/mol. The number of nitrogens with zero attached hydrogens (tertiary/aromatic N) is 2. The first-order valence-corrected chi connectivity index (χ1v) is 11.1. The molecule has 162 valence electrons. The van der Waals surface area contributed by atoms with Crippen molar-refractivity contribution in [2.45, 2.75) is 27.2 Å². The smallest absolute Gasteiger partial charge is 0.252 e.